The molecule has 2 nitrogen and oxygen atoms in total. The highest BCUT2D eigenvalue weighted by Gasteiger charge is 2.41. The van der Waals surface area contributed by atoms with Gasteiger partial charge in [-0.3, -0.25) is 4.99 Å². The van der Waals surface area contributed by atoms with Gasteiger partial charge in [0.25, 0.3) is 0 Å². The second kappa shape index (κ2) is 3.62. The number of nitrogens with zero attached hydrogens (tertiary/aromatic N) is 1. The van der Waals surface area contributed by atoms with Crippen molar-refractivity contribution in [3.63, 3.8) is 0 Å². The molecule has 0 spiro atoms. The fraction of sp³-hybridized carbons (Fsp3) is 0.500. The normalized spacial score (nSPS) is 33.1. The van der Waals surface area contributed by atoms with E-state index in [4.69, 9.17) is 5.73 Å². The van der Waals surface area contributed by atoms with Gasteiger partial charge >= 0.3 is 0 Å². The summed E-state index contributed by atoms with van der Waals surface area (Å²) in [7, 11) is 0. The van der Waals surface area contributed by atoms with Gasteiger partial charge < -0.3 is 5.73 Å². The van der Waals surface area contributed by atoms with Gasteiger partial charge in [-0.15, -0.1) is 0 Å². The summed E-state index contributed by atoms with van der Waals surface area (Å²) in [5.74, 6) is 0.882. The molecular formula is C14H20N2. The van der Waals surface area contributed by atoms with Crippen LogP contribution in [0.1, 0.15) is 27.7 Å². The molecule has 0 aromatic rings. The Morgan fingerprint density at radius 2 is 2.12 bits per heavy atom. The van der Waals surface area contributed by atoms with Crippen molar-refractivity contribution in [2.24, 2.45) is 28.0 Å². The monoisotopic (exact) mass is 216 g/mol. The van der Waals surface area contributed by atoms with E-state index in [1.807, 2.05) is 6.20 Å². The molecule has 2 N–H and O–H groups in total. The van der Waals surface area contributed by atoms with Gasteiger partial charge in [-0.1, -0.05) is 26.8 Å². The fourth-order valence-electron chi connectivity index (χ4n) is 2.25. The summed E-state index contributed by atoms with van der Waals surface area (Å²) >= 11 is 0. The molecule has 1 aliphatic carbocycles. The Morgan fingerprint density at radius 1 is 1.44 bits per heavy atom. The van der Waals surface area contributed by atoms with E-state index in [0.29, 0.717) is 11.8 Å². The predicted octanol–water partition coefficient (Wildman–Crippen LogP) is 3.04. The predicted molar refractivity (Wildman–Crippen MR) is 69.0 cm³/mol. The minimum Gasteiger partial charge on any atom is -0.401 e. The molecule has 0 radical (unpaired) electrons. The van der Waals surface area contributed by atoms with Crippen LogP contribution in [-0.2, 0) is 0 Å². The van der Waals surface area contributed by atoms with Crippen molar-refractivity contribution in [3.8, 4) is 0 Å². The molecule has 1 aliphatic heterocycles. The Kier molecular flexibility index (Phi) is 2.53. The van der Waals surface area contributed by atoms with Crippen molar-refractivity contribution < 1.29 is 0 Å². The number of hydrogen-bond donors (Lipinski definition) is 1. The zero-order chi connectivity index (χ0) is 11.9. The number of fused-ring (bicyclic) bond motifs is 1. The highest BCUT2D eigenvalue weighted by atomic mass is 14.8. The van der Waals surface area contributed by atoms with Crippen LogP contribution in [0.2, 0.25) is 0 Å². The third-order valence-electron chi connectivity index (χ3n) is 3.93. The molecule has 0 saturated carbocycles. The topological polar surface area (TPSA) is 38.4 Å². The van der Waals surface area contributed by atoms with E-state index < -0.39 is 0 Å². The van der Waals surface area contributed by atoms with E-state index in [9.17, 15) is 0 Å². The first-order valence-electron chi connectivity index (χ1n) is 5.90. The molecule has 0 bridgehead atoms. The number of rotatable bonds is 1. The van der Waals surface area contributed by atoms with Crippen LogP contribution in [0.3, 0.4) is 0 Å². The van der Waals surface area contributed by atoms with Gasteiger partial charge in [-0.25, -0.2) is 0 Å². The first kappa shape index (κ1) is 11.2. The van der Waals surface area contributed by atoms with Gasteiger partial charge in [0, 0.05) is 11.9 Å². The molecule has 16 heavy (non-hydrogen) atoms. The summed E-state index contributed by atoms with van der Waals surface area (Å²) in [6.45, 7) is 8.70. The highest BCUT2D eigenvalue weighted by Crippen LogP contribution is 2.42. The lowest BCUT2D eigenvalue weighted by atomic mass is 9.75. The number of allylic oxidation sites excluding steroid dienone is 5. The Morgan fingerprint density at radius 3 is 2.75 bits per heavy atom. The zero-order valence-corrected chi connectivity index (χ0v) is 10.5. The molecule has 0 saturated heterocycles. The molecule has 2 rings (SSSR count). The minimum absolute atomic E-state index is 0.118. The summed E-state index contributed by atoms with van der Waals surface area (Å²) in [4.78, 5) is 4.60. The van der Waals surface area contributed by atoms with Crippen LogP contribution in [0.5, 0.6) is 0 Å². The van der Waals surface area contributed by atoms with Crippen molar-refractivity contribution in [3.05, 3.63) is 35.7 Å². The Hall–Kier alpha value is -1.31. The smallest absolute Gasteiger partial charge is 0.0552 e. The Bertz CT molecular complexity index is 424. The quantitative estimate of drug-likeness (QED) is 0.719. The van der Waals surface area contributed by atoms with Crippen LogP contribution in [0.25, 0.3) is 0 Å². The van der Waals surface area contributed by atoms with Crippen molar-refractivity contribution in [2.75, 3.05) is 0 Å². The molecule has 2 aliphatic rings. The van der Waals surface area contributed by atoms with Crippen molar-refractivity contribution in [1.82, 2.24) is 0 Å². The molecule has 1 heterocycles. The van der Waals surface area contributed by atoms with E-state index in [2.05, 4.69) is 50.9 Å². The summed E-state index contributed by atoms with van der Waals surface area (Å²) in [6, 6.07) is 0. The average molecular weight is 216 g/mol. The third-order valence-corrected chi connectivity index (χ3v) is 3.93. The van der Waals surface area contributed by atoms with Crippen molar-refractivity contribution in [2.45, 2.75) is 27.7 Å². The van der Waals surface area contributed by atoms with Gasteiger partial charge in [-0.2, -0.15) is 0 Å². The van der Waals surface area contributed by atoms with E-state index in [0.717, 1.165) is 11.4 Å². The first-order valence-corrected chi connectivity index (χ1v) is 5.90. The zero-order valence-electron chi connectivity index (χ0n) is 10.5. The Balaban J connectivity index is 2.52. The summed E-state index contributed by atoms with van der Waals surface area (Å²) < 4.78 is 0. The van der Waals surface area contributed by atoms with Gasteiger partial charge in [-0.05, 0) is 36.5 Å². The molecule has 2 heteroatoms. The molecule has 0 aromatic heterocycles. The van der Waals surface area contributed by atoms with E-state index in [1.54, 1.807) is 0 Å². The van der Waals surface area contributed by atoms with Crippen molar-refractivity contribution >= 4 is 5.71 Å². The maximum Gasteiger partial charge on any atom is 0.0552 e. The van der Waals surface area contributed by atoms with Gasteiger partial charge in [0.05, 0.1) is 11.1 Å². The Labute approximate surface area is 97.6 Å². The van der Waals surface area contributed by atoms with Gasteiger partial charge in [0.2, 0.25) is 0 Å². The first-order chi connectivity index (χ1) is 7.46. The highest BCUT2D eigenvalue weighted by molar-refractivity contribution is 6.04. The standard InChI is InChI=1S/C14H20N2/c1-9(2)11-7-12(15)14(4)10(3)5-6-13(14)16-8-11/h5-10H,15H2,1-4H3. The average Bonchev–Trinajstić information content (AvgIpc) is 2.43. The van der Waals surface area contributed by atoms with E-state index >= 15 is 0 Å². The van der Waals surface area contributed by atoms with Crippen LogP contribution in [0.4, 0.5) is 0 Å². The van der Waals surface area contributed by atoms with Gasteiger partial charge in [0.1, 0.15) is 0 Å². The summed E-state index contributed by atoms with van der Waals surface area (Å²) in [5.41, 5.74) is 9.38. The lowest BCUT2D eigenvalue weighted by Crippen LogP contribution is -2.34. The van der Waals surface area contributed by atoms with Crippen LogP contribution < -0.4 is 5.73 Å². The summed E-state index contributed by atoms with van der Waals surface area (Å²) in [5, 5.41) is 0. The fourth-order valence-corrected chi connectivity index (χ4v) is 2.25. The van der Waals surface area contributed by atoms with Crippen LogP contribution in [-0.4, -0.2) is 5.71 Å². The molecule has 2 unspecified atom stereocenters. The lowest BCUT2D eigenvalue weighted by Gasteiger charge is -2.30. The number of nitrogens with two attached hydrogens (primary N) is 1. The number of aliphatic imine (C=N–C) groups is 1. The van der Waals surface area contributed by atoms with Crippen LogP contribution in [0, 0.1) is 17.3 Å². The molecule has 2 atom stereocenters. The maximum atomic E-state index is 6.27. The van der Waals surface area contributed by atoms with E-state index in [1.165, 1.54) is 5.57 Å². The molecule has 0 aromatic carbocycles. The largest absolute Gasteiger partial charge is 0.401 e. The van der Waals surface area contributed by atoms with Crippen LogP contribution in [0.15, 0.2) is 40.7 Å². The minimum atomic E-state index is -0.118. The summed E-state index contributed by atoms with van der Waals surface area (Å²) in [6.07, 6.45) is 8.35. The van der Waals surface area contributed by atoms with Crippen LogP contribution >= 0.6 is 0 Å². The van der Waals surface area contributed by atoms with Gasteiger partial charge in [0.15, 0.2) is 0 Å². The molecule has 0 fully saturated rings. The third kappa shape index (κ3) is 1.44. The van der Waals surface area contributed by atoms with Crippen molar-refractivity contribution in [1.29, 1.82) is 0 Å². The molecule has 86 valence electrons. The lowest BCUT2D eigenvalue weighted by molar-refractivity contribution is 0.442. The molecular weight excluding hydrogens is 196 g/mol. The second-order valence-electron chi connectivity index (χ2n) is 5.25. The SMILES string of the molecule is CC(C)C1=CN=C2C=CC(C)C2(C)C(N)=C1. The molecule has 0 amide bonds. The maximum absolute atomic E-state index is 6.27. The number of hydrogen-bond acceptors (Lipinski definition) is 2. The van der Waals surface area contributed by atoms with E-state index in [-0.39, 0.29) is 5.41 Å². The second-order valence-corrected chi connectivity index (χ2v) is 5.25.